The molecular formula is C13H25N3O2. The molecule has 0 spiro atoms. The van der Waals surface area contributed by atoms with Crippen molar-refractivity contribution in [2.75, 3.05) is 13.1 Å². The molecule has 0 aromatic carbocycles. The first-order valence-electron chi connectivity index (χ1n) is 6.78. The molecule has 4 N–H and O–H groups in total. The minimum absolute atomic E-state index is 0.0434. The van der Waals surface area contributed by atoms with Gasteiger partial charge in [-0.2, -0.15) is 0 Å². The molecule has 104 valence electrons. The van der Waals surface area contributed by atoms with Gasteiger partial charge in [-0.25, -0.2) is 0 Å². The Morgan fingerprint density at radius 2 is 1.89 bits per heavy atom. The van der Waals surface area contributed by atoms with Gasteiger partial charge < -0.3 is 16.4 Å². The van der Waals surface area contributed by atoms with Crippen LogP contribution in [0.15, 0.2) is 0 Å². The Hall–Kier alpha value is -1.10. The fraction of sp³-hybridized carbons (Fsp3) is 0.846. The summed E-state index contributed by atoms with van der Waals surface area (Å²) in [6.45, 7) is 5.43. The van der Waals surface area contributed by atoms with E-state index in [4.69, 9.17) is 11.5 Å². The van der Waals surface area contributed by atoms with Crippen molar-refractivity contribution >= 4 is 11.8 Å². The zero-order chi connectivity index (χ0) is 13.7. The lowest BCUT2D eigenvalue weighted by Crippen LogP contribution is -2.49. The van der Waals surface area contributed by atoms with E-state index in [1.807, 2.05) is 18.7 Å². The fourth-order valence-corrected chi connectivity index (χ4v) is 2.35. The molecule has 1 heterocycles. The van der Waals surface area contributed by atoms with Crippen LogP contribution in [-0.2, 0) is 9.59 Å². The Morgan fingerprint density at radius 3 is 2.33 bits per heavy atom. The molecule has 1 fully saturated rings. The number of hydrogen-bond donors (Lipinski definition) is 2. The summed E-state index contributed by atoms with van der Waals surface area (Å²) in [5, 5.41) is 0. The van der Waals surface area contributed by atoms with Gasteiger partial charge in [-0.15, -0.1) is 0 Å². The maximum Gasteiger partial charge on any atom is 0.239 e. The Morgan fingerprint density at radius 1 is 1.33 bits per heavy atom. The second-order valence-electron chi connectivity index (χ2n) is 5.35. The summed E-state index contributed by atoms with van der Waals surface area (Å²) < 4.78 is 0. The van der Waals surface area contributed by atoms with E-state index < -0.39 is 6.04 Å². The summed E-state index contributed by atoms with van der Waals surface area (Å²) in [5.74, 6) is 0.324. The predicted octanol–water partition coefficient (Wildman–Crippen LogP) is 0.474. The third kappa shape index (κ3) is 3.98. The Labute approximate surface area is 109 Å². The smallest absolute Gasteiger partial charge is 0.239 e. The van der Waals surface area contributed by atoms with Gasteiger partial charge in [-0.05, 0) is 24.7 Å². The Balaban J connectivity index is 2.42. The van der Waals surface area contributed by atoms with Gasteiger partial charge in [0.05, 0.1) is 6.04 Å². The lowest BCUT2D eigenvalue weighted by molar-refractivity contribution is -0.135. The average molecular weight is 255 g/mol. The van der Waals surface area contributed by atoms with Crippen LogP contribution in [0.25, 0.3) is 0 Å². The number of piperidine rings is 1. The summed E-state index contributed by atoms with van der Waals surface area (Å²) in [7, 11) is 0. The van der Waals surface area contributed by atoms with Gasteiger partial charge in [0.2, 0.25) is 11.8 Å². The molecular weight excluding hydrogens is 230 g/mol. The van der Waals surface area contributed by atoms with E-state index in [0.29, 0.717) is 25.4 Å². The maximum atomic E-state index is 12.1. The predicted molar refractivity (Wildman–Crippen MR) is 70.5 cm³/mol. The molecule has 0 aliphatic carbocycles. The molecule has 0 bridgehead atoms. The van der Waals surface area contributed by atoms with Crippen LogP contribution in [0.5, 0.6) is 0 Å². The quantitative estimate of drug-likeness (QED) is 0.748. The van der Waals surface area contributed by atoms with Gasteiger partial charge in [0.1, 0.15) is 0 Å². The highest BCUT2D eigenvalue weighted by Crippen LogP contribution is 2.21. The second-order valence-corrected chi connectivity index (χ2v) is 5.35. The lowest BCUT2D eigenvalue weighted by Gasteiger charge is -2.34. The van der Waals surface area contributed by atoms with Crippen molar-refractivity contribution in [3.8, 4) is 0 Å². The molecule has 1 saturated heterocycles. The van der Waals surface area contributed by atoms with Crippen molar-refractivity contribution in [1.82, 2.24) is 4.90 Å². The standard InChI is InChI=1S/C13H25N3O2/c1-3-9(2)12(15)13(18)16-6-4-10(5-7-16)8-11(14)17/h9-10,12H,3-8,15H2,1-2H3,(H2,14,17)/t9-,12-/m0/s1. The summed E-state index contributed by atoms with van der Waals surface area (Å²) in [6, 6.07) is -0.400. The van der Waals surface area contributed by atoms with Crippen molar-refractivity contribution in [2.24, 2.45) is 23.3 Å². The molecule has 0 aromatic rings. The van der Waals surface area contributed by atoms with Gasteiger partial charge in [0, 0.05) is 19.5 Å². The number of carbonyl (C=O) groups is 2. The van der Waals surface area contributed by atoms with Crippen LogP contribution < -0.4 is 11.5 Å². The summed E-state index contributed by atoms with van der Waals surface area (Å²) in [4.78, 5) is 24.8. The van der Waals surface area contributed by atoms with Crippen LogP contribution >= 0.6 is 0 Å². The molecule has 5 nitrogen and oxygen atoms in total. The normalized spacial score (nSPS) is 20.5. The van der Waals surface area contributed by atoms with Crippen LogP contribution in [0.4, 0.5) is 0 Å². The number of amides is 2. The molecule has 2 amide bonds. The molecule has 1 aliphatic rings. The molecule has 0 radical (unpaired) electrons. The third-order valence-corrected chi connectivity index (χ3v) is 3.96. The summed E-state index contributed by atoms with van der Waals surface area (Å²) >= 11 is 0. The molecule has 0 saturated carbocycles. The number of nitrogens with two attached hydrogens (primary N) is 2. The van der Waals surface area contributed by atoms with E-state index in [-0.39, 0.29) is 17.7 Å². The number of carbonyl (C=O) groups excluding carboxylic acids is 2. The van der Waals surface area contributed by atoms with Crippen molar-refractivity contribution in [3.63, 3.8) is 0 Å². The Bertz CT molecular complexity index is 299. The first-order chi connectivity index (χ1) is 8.45. The van der Waals surface area contributed by atoms with E-state index in [1.165, 1.54) is 0 Å². The van der Waals surface area contributed by atoms with Crippen molar-refractivity contribution in [3.05, 3.63) is 0 Å². The molecule has 1 rings (SSSR count). The number of rotatable bonds is 5. The van der Waals surface area contributed by atoms with E-state index in [9.17, 15) is 9.59 Å². The van der Waals surface area contributed by atoms with Crippen molar-refractivity contribution < 1.29 is 9.59 Å². The van der Waals surface area contributed by atoms with Gasteiger partial charge in [0.15, 0.2) is 0 Å². The largest absolute Gasteiger partial charge is 0.370 e. The van der Waals surface area contributed by atoms with Crippen LogP contribution in [0.1, 0.15) is 39.5 Å². The molecule has 1 aliphatic heterocycles. The average Bonchev–Trinajstić information content (AvgIpc) is 2.36. The zero-order valence-corrected chi connectivity index (χ0v) is 11.4. The highest BCUT2D eigenvalue weighted by molar-refractivity contribution is 5.82. The molecule has 0 unspecified atom stereocenters. The number of nitrogens with zero attached hydrogens (tertiary/aromatic N) is 1. The maximum absolute atomic E-state index is 12.1. The zero-order valence-electron chi connectivity index (χ0n) is 11.4. The Kier molecular flexibility index (Phi) is 5.59. The molecule has 2 atom stereocenters. The van der Waals surface area contributed by atoms with E-state index in [1.54, 1.807) is 0 Å². The van der Waals surface area contributed by atoms with Crippen LogP contribution in [-0.4, -0.2) is 35.8 Å². The second kappa shape index (κ2) is 6.73. The monoisotopic (exact) mass is 255 g/mol. The number of likely N-dealkylation sites (tertiary alicyclic amines) is 1. The SMILES string of the molecule is CC[C@H](C)[C@H](N)C(=O)N1CCC(CC(N)=O)CC1. The highest BCUT2D eigenvalue weighted by Gasteiger charge is 2.28. The van der Waals surface area contributed by atoms with Crippen LogP contribution in [0.3, 0.4) is 0 Å². The molecule has 5 heteroatoms. The summed E-state index contributed by atoms with van der Waals surface area (Å²) in [5.41, 5.74) is 11.1. The van der Waals surface area contributed by atoms with Gasteiger partial charge in [-0.3, -0.25) is 9.59 Å². The van der Waals surface area contributed by atoms with Gasteiger partial charge in [-0.1, -0.05) is 20.3 Å². The van der Waals surface area contributed by atoms with Crippen LogP contribution in [0, 0.1) is 11.8 Å². The summed E-state index contributed by atoms with van der Waals surface area (Å²) in [6.07, 6.45) is 3.04. The molecule has 0 aromatic heterocycles. The van der Waals surface area contributed by atoms with Gasteiger partial charge >= 0.3 is 0 Å². The first-order valence-corrected chi connectivity index (χ1v) is 6.78. The number of primary amides is 1. The van der Waals surface area contributed by atoms with Crippen LogP contribution in [0.2, 0.25) is 0 Å². The lowest BCUT2D eigenvalue weighted by atomic mass is 9.92. The van der Waals surface area contributed by atoms with E-state index >= 15 is 0 Å². The van der Waals surface area contributed by atoms with Crippen molar-refractivity contribution in [2.45, 2.75) is 45.6 Å². The molecule has 18 heavy (non-hydrogen) atoms. The minimum Gasteiger partial charge on any atom is -0.370 e. The third-order valence-electron chi connectivity index (χ3n) is 3.96. The van der Waals surface area contributed by atoms with Crippen molar-refractivity contribution in [1.29, 1.82) is 0 Å². The highest BCUT2D eigenvalue weighted by atomic mass is 16.2. The number of hydrogen-bond acceptors (Lipinski definition) is 3. The fourth-order valence-electron chi connectivity index (χ4n) is 2.35. The van der Waals surface area contributed by atoms with E-state index in [0.717, 1.165) is 19.3 Å². The van der Waals surface area contributed by atoms with Gasteiger partial charge in [0.25, 0.3) is 0 Å². The topological polar surface area (TPSA) is 89.4 Å². The van der Waals surface area contributed by atoms with E-state index in [2.05, 4.69) is 0 Å². The minimum atomic E-state index is -0.400. The first kappa shape index (κ1) is 15.0.